The molecule has 0 unspecified atom stereocenters. The molecule has 4 aromatic rings. The van der Waals surface area contributed by atoms with Gasteiger partial charge in [0.25, 0.3) is 6.47 Å². The minimum atomic E-state index is -1.10. The van der Waals surface area contributed by atoms with Crippen molar-refractivity contribution in [3.63, 3.8) is 0 Å². The first-order valence-corrected chi connectivity index (χ1v) is 11.5. The van der Waals surface area contributed by atoms with Crippen LogP contribution in [0.4, 0.5) is 4.39 Å². The molecule has 4 heterocycles. The van der Waals surface area contributed by atoms with Crippen LogP contribution in [0.25, 0.3) is 28.0 Å². The number of benzene rings is 1. The van der Waals surface area contributed by atoms with Crippen molar-refractivity contribution in [1.82, 2.24) is 35.1 Å². The molecule has 0 spiro atoms. The summed E-state index contributed by atoms with van der Waals surface area (Å²) in [5.41, 5.74) is 2.31. The van der Waals surface area contributed by atoms with Gasteiger partial charge in [-0.1, -0.05) is 5.21 Å². The number of carbonyl (C=O) groups excluding carboxylic acids is 1. The van der Waals surface area contributed by atoms with Crippen LogP contribution in [0.15, 0.2) is 42.7 Å². The van der Waals surface area contributed by atoms with Gasteiger partial charge in [-0.25, -0.2) is 9.07 Å². The van der Waals surface area contributed by atoms with E-state index in [1.54, 1.807) is 23.0 Å². The molecular weight excluding hydrogens is 449 g/mol. The average Bonchev–Trinajstić information content (AvgIpc) is 3.41. The summed E-state index contributed by atoms with van der Waals surface area (Å²) in [4.78, 5) is 11.2. The number of carbonyl (C=O) groups is 1. The molecule has 1 aliphatic rings. The molecule has 182 valence electrons. The van der Waals surface area contributed by atoms with Gasteiger partial charge in [0, 0.05) is 34.3 Å². The van der Waals surface area contributed by atoms with E-state index in [4.69, 9.17) is 4.74 Å². The molecule has 2 atom stereocenters. The SMILES string of the molecule is Cc1cn(-c2ccc(-c3cc4ccn([C@H]5CC(C)(C)NC(C)(C)[C@H]5F)c4nn3)c(OC=O)c2)nn1. The van der Waals surface area contributed by atoms with Crippen LogP contribution >= 0.6 is 0 Å². The quantitative estimate of drug-likeness (QED) is 0.435. The second-order valence-corrected chi connectivity index (χ2v) is 10.3. The zero-order chi connectivity index (χ0) is 25.0. The van der Waals surface area contributed by atoms with Gasteiger partial charge in [-0.3, -0.25) is 4.79 Å². The maximum atomic E-state index is 15.5. The topological polar surface area (TPSA) is 99.8 Å². The average molecular weight is 478 g/mol. The summed E-state index contributed by atoms with van der Waals surface area (Å²) in [5.74, 6) is 0.324. The summed E-state index contributed by atoms with van der Waals surface area (Å²) in [7, 11) is 0. The van der Waals surface area contributed by atoms with E-state index in [-0.39, 0.29) is 11.6 Å². The molecule has 3 aromatic heterocycles. The predicted octanol–water partition coefficient (Wildman–Crippen LogP) is 3.95. The summed E-state index contributed by atoms with van der Waals surface area (Å²) >= 11 is 0. The molecule has 9 nitrogen and oxygen atoms in total. The Morgan fingerprint density at radius 1 is 1.14 bits per heavy atom. The van der Waals surface area contributed by atoms with Crippen molar-refractivity contribution >= 4 is 17.5 Å². The van der Waals surface area contributed by atoms with Gasteiger partial charge in [0.1, 0.15) is 11.9 Å². The fourth-order valence-corrected chi connectivity index (χ4v) is 5.18. The first kappa shape index (κ1) is 23.1. The summed E-state index contributed by atoms with van der Waals surface area (Å²) in [6.07, 6.45) is 3.16. The van der Waals surface area contributed by atoms with E-state index in [0.717, 1.165) is 11.1 Å². The standard InChI is InChI=1S/C25H28FN7O2/c1-15-13-33(31-27-15)17-6-7-18(21(11-17)35-14-34)19-10-16-8-9-32(23(16)29-28-19)20-12-24(2,3)30-25(4,5)22(20)26/h6-11,13-14,20,22,30H,12H2,1-5H3/t20-,22-/m0/s1. The fourth-order valence-electron chi connectivity index (χ4n) is 5.18. The number of alkyl halides is 1. The molecule has 1 saturated heterocycles. The number of fused-ring (bicyclic) bond motifs is 1. The predicted molar refractivity (Wildman–Crippen MR) is 129 cm³/mol. The third-order valence-corrected chi connectivity index (χ3v) is 6.52. The number of halogens is 1. The first-order chi connectivity index (χ1) is 16.6. The van der Waals surface area contributed by atoms with Crippen molar-refractivity contribution < 1.29 is 13.9 Å². The molecule has 35 heavy (non-hydrogen) atoms. The molecule has 0 radical (unpaired) electrons. The Balaban J connectivity index is 1.53. The number of ether oxygens (including phenoxy) is 1. The van der Waals surface area contributed by atoms with Crippen LogP contribution in [-0.4, -0.2) is 53.5 Å². The van der Waals surface area contributed by atoms with Crippen LogP contribution in [0.2, 0.25) is 0 Å². The van der Waals surface area contributed by atoms with E-state index in [9.17, 15) is 4.79 Å². The van der Waals surface area contributed by atoms with E-state index in [2.05, 4.69) is 39.7 Å². The van der Waals surface area contributed by atoms with Crippen LogP contribution in [0.3, 0.4) is 0 Å². The normalized spacial score (nSPS) is 21.2. The number of hydrogen-bond acceptors (Lipinski definition) is 7. The minimum absolute atomic E-state index is 0.230. The second kappa shape index (κ2) is 8.23. The van der Waals surface area contributed by atoms with Crippen molar-refractivity contribution in [2.75, 3.05) is 0 Å². The van der Waals surface area contributed by atoms with E-state index in [0.29, 0.717) is 41.2 Å². The number of hydrogen-bond donors (Lipinski definition) is 1. The highest BCUT2D eigenvalue weighted by Gasteiger charge is 2.47. The summed E-state index contributed by atoms with van der Waals surface area (Å²) < 4.78 is 24.3. The van der Waals surface area contributed by atoms with Gasteiger partial charge in [-0.05, 0) is 65.3 Å². The van der Waals surface area contributed by atoms with E-state index in [1.807, 2.05) is 49.7 Å². The Morgan fingerprint density at radius 3 is 2.66 bits per heavy atom. The summed E-state index contributed by atoms with van der Waals surface area (Å²) in [6.45, 7) is 10.2. The Morgan fingerprint density at radius 2 is 1.94 bits per heavy atom. The number of nitrogens with one attached hydrogen (secondary N) is 1. The van der Waals surface area contributed by atoms with Gasteiger partial charge >= 0.3 is 0 Å². The fraction of sp³-hybridized carbons (Fsp3) is 0.400. The maximum absolute atomic E-state index is 15.5. The van der Waals surface area contributed by atoms with Gasteiger partial charge in [-0.15, -0.1) is 15.3 Å². The number of piperidine rings is 1. The molecule has 10 heteroatoms. The Hall–Kier alpha value is -3.66. The number of aromatic nitrogens is 6. The monoisotopic (exact) mass is 477 g/mol. The number of rotatable bonds is 5. The molecule has 0 aliphatic carbocycles. The molecule has 0 amide bonds. The van der Waals surface area contributed by atoms with E-state index < -0.39 is 11.7 Å². The molecule has 1 N–H and O–H groups in total. The zero-order valence-electron chi connectivity index (χ0n) is 20.4. The highest BCUT2D eigenvalue weighted by molar-refractivity contribution is 5.82. The number of nitrogens with zero attached hydrogens (tertiary/aromatic N) is 6. The van der Waals surface area contributed by atoms with Crippen LogP contribution in [0.5, 0.6) is 5.75 Å². The van der Waals surface area contributed by atoms with Crippen molar-refractivity contribution in [3.05, 3.63) is 48.4 Å². The van der Waals surface area contributed by atoms with Crippen LogP contribution in [0, 0.1) is 6.92 Å². The van der Waals surface area contributed by atoms with Gasteiger partial charge in [0.2, 0.25) is 0 Å². The first-order valence-electron chi connectivity index (χ1n) is 11.5. The van der Waals surface area contributed by atoms with Crippen LogP contribution in [-0.2, 0) is 4.79 Å². The van der Waals surface area contributed by atoms with Crippen molar-refractivity contribution in [1.29, 1.82) is 0 Å². The van der Waals surface area contributed by atoms with Gasteiger partial charge < -0.3 is 14.6 Å². The highest BCUT2D eigenvalue weighted by Crippen LogP contribution is 2.40. The molecule has 0 saturated carbocycles. The van der Waals surface area contributed by atoms with E-state index >= 15 is 4.39 Å². The zero-order valence-corrected chi connectivity index (χ0v) is 20.4. The largest absolute Gasteiger partial charge is 0.428 e. The van der Waals surface area contributed by atoms with Gasteiger partial charge in [0.05, 0.1) is 29.3 Å². The Kier molecular flexibility index (Phi) is 5.43. The van der Waals surface area contributed by atoms with Crippen molar-refractivity contribution in [2.24, 2.45) is 0 Å². The third-order valence-electron chi connectivity index (χ3n) is 6.52. The lowest BCUT2D eigenvalue weighted by atomic mass is 9.78. The highest BCUT2D eigenvalue weighted by atomic mass is 19.1. The molecule has 5 rings (SSSR count). The Bertz CT molecular complexity index is 1410. The number of aryl methyl sites for hydroxylation is 1. The molecule has 1 aliphatic heterocycles. The third kappa shape index (κ3) is 4.18. The second-order valence-electron chi connectivity index (χ2n) is 10.3. The molecule has 0 bridgehead atoms. The van der Waals surface area contributed by atoms with Crippen LogP contribution < -0.4 is 10.1 Å². The van der Waals surface area contributed by atoms with Crippen LogP contribution in [0.1, 0.15) is 45.9 Å². The molecular formula is C25H28FN7O2. The molecule has 1 fully saturated rings. The smallest absolute Gasteiger partial charge is 0.298 e. The summed E-state index contributed by atoms with van der Waals surface area (Å²) in [6, 6.07) is 8.74. The summed E-state index contributed by atoms with van der Waals surface area (Å²) in [5, 5.41) is 21.2. The lowest BCUT2D eigenvalue weighted by molar-refractivity contribution is -0.120. The Labute approximate surface area is 202 Å². The lowest BCUT2D eigenvalue weighted by Crippen LogP contribution is -2.64. The minimum Gasteiger partial charge on any atom is -0.428 e. The van der Waals surface area contributed by atoms with E-state index in [1.165, 1.54) is 0 Å². The lowest BCUT2D eigenvalue weighted by Gasteiger charge is -2.49. The van der Waals surface area contributed by atoms with Crippen molar-refractivity contribution in [3.8, 4) is 22.7 Å². The van der Waals surface area contributed by atoms with Gasteiger partial charge in [0.15, 0.2) is 5.65 Å². The molecule has 1 aromatic carbocycles. The van der Waals surface area contributed by atoms with Crippen molar-refractivity contribution in [2.45, 2.75) is 64.3 Å². The van der Waals surface area contributed by atoms with Gasteiger partial charge in [-0.2, -0.15) is 0 Å². The maximum Gasteiger partial charge on any atom is 0.298 e.